The van der Waals surface area contributed by atoms with Crippen LogP contribution in [0.3, 0.4) is 0 Å². The molecule has 0 fully saturated rings. The highest BCUT2D eigenvalue weighted by Crippen LogP contribution is 2.27. The van der Waals surface area contributed by atoms with E-state index in [0.29, 0.717) is 6.54 Å². The minimum Gasteiger partial charge on any atom is -0.313 e. The summed E-state index contributed by atoms with van der Waals surface area (Å²) in [4.78, 5) is -0.186. The molecule has 0 aliphatic heterocycles. The summed E-state index contributed by atoms with van der Waals surface area (Å²) in [6, 6.07) is 4.46. The van der Waals surface area contributed by atoms with E-state index in [2.05, 4.69) is 21.2 Å². The van der Waals surface area contributed by atoms with Crippen molar-refractivity contribution < 1.29 is 21.6 Å². The van der Waals surface area contributed by atoms with Crippen LogP contribution in [0, 0.1) is 0 Å². The van der Waals surface area contributed by atoms with Crippen molar-refractivity contribution in [1.82, 2.24) is 9.62 Å². The molecule has 1 rings (SSSR count). The molecule has 1 aromatic rings. The second kappa shape index (κ2) is 7.08. The van der Waals surface area contributed by atoms with Gasteiger partial charge in [-0.25, -0.2) is 8.42 Å². The Kier molecular flexibility index (Phi) is 6.21. The molecule has 0 aliphatic carbocycles. The van der Waals surface area contributed by atoms with E-state index in [1.54, 1.807) is 12.1 Å². The van der Waals surface area contributed by atoms with Crippen LogP contribution >= 0.6 is 15.9 Å². The van der Waals surface area contributed by atoms with Gasteiger partial charge in [0.2, 0.25) is 10.0 Å². The van der Waals surface area contributed by atoms with Gasteiger partial charge >= 0.3 is 6.18 Å². The first kappa shape index (κ1) is 18.4. The number of benzene rings is 1. The van der Waals surface area contributed by atoms with Crippen LogP contribution in [0.2, 0.25) is 0 Å². The Labute approximate surface area is 130 Å². The van der Waals surface area contributed by atoms with Crippen LogP contribution in [0.4, 0.5) is 13.2 Å². The number of hydrogen-bond acceptors (Lipinski definition) is 3. The van der Waals surface area contributed by atoms with Gasteiger partial charge in [0.05, 0.1) is 4.90 Å². The van der Waals surface area contributed by atoms with Crippen molar-refractivity contribution in [1.29, 1.82) is 0 Å². The summed E-state index contributed by atoms with van der Waals surface area (Å²) in [6.07, 6.45) is -4.58. The summed E-state index contributed by atoms with van der Waals surface area (Å²) >= 11 is 3.11. The van der Waals surface area contributed by atoms with Gasteiger partial charge in [0.25, 0.3) is 0 Å². The number of alkyl halides is 3. The Hall–Kier alpha value is -0.640. The average molecular weight is 389 g/mol. The lowest BCUT2D eigenvalue weighted by atomic mass is 10.2. The fraction of sp³-hybridized carbons (Fsp3) is 0.500. The summed E-state index contributed by atoms with van der Waals surface area (Å²) in [6.45, 7) is 1.71. The Balaban J connectivity index is 3.03. The molecule has 1 aromatic carbocycles. The third-order valence-corrected chi connectivity index (χ3v) is 5.45. The van der Waals surface area contributed by atoms with Gasteiger partial charge in [0.1, 0.15) is 6.54 Å². The van der Waals surface area contributed by atoms with Crippen molar-refractivity contribution >= 4 is 26.0 Å². The van der Waals surface area contributed by atoms with Gasteiger partial charge in [-0.1, -0.05) is 13.0 Å². The Morgan fingerprint density at radius 2 is 1.95 bits per heavy atom. The van der Waals surface area contributed by atoms with Gasteiger partial charge in [-0.3, -0.25) is 0 Å². The van der Waals surface area contributed by atoms with E-state index in [1.807, 2.05) is 6.92 Å². The average Bonchev–Trinajstić information content (AvgIpc) is 2.34. The third kappa shape index (κ3) is 5.24. The highest BCUT2D eigenvalue weighted by Gasteiger charge is 2.35. The molecule has 21 heavy (non-hydrogen) atoms. The standard InChI is InChI=1S/C12H16BrF3N2O2S/c1-3-17-7-9-4-5-11(10(13)6-9)21(19,20)18(2)8-12(14,15)16/h4-6,17H,3,7-8H2,1-2H3. The molecule has 0 heterocycles. The molecule has 0 aromatic heterocycles. The van der Waals surface area contributed by atoms with Gasteiger partial charge in [0.15, 0.2) is 0 Å². The fourth-order valence-electron chi connectivity index (χ4n) is 1.64. The molecule has 0 saturated carbocycles. The monoisotopic (exact) mass is 388 g/mol. The number of rotatable bonds is 6. The molecule has 0 amide bonds. The minimum atomic E-state index is -4.58. The highest BCUT2D eigenvalue weighted by atomic mass is 79.9. The third-order valence-electron chi connectivity index (χ3n) is 2.67. The number of sulfonamides is 1. The zero-order chi connectivity index (χ0) is 16.3. The van der Waals surface area contributed by atoms with E-state index in [-0.39, 0.29) is 13.7 Å². The van der Waals surface area contributed by atoms with E-state index in [9.17, 15) is 21.6 Å². The SMILES string of the molecule is CCNCc1ccc(S(=O)(=O)N(C)CC(F)(F)F)c(Br)c1. The maximum Gasteiger partial charge on any atom is 0.402 e. The first-order valence-electron chi connectivity index (χ1n) is 6.10. The van der Waals surface area contributed by atoms with Crippen LogP contribution in [0.5, 0.6) is 0 Å². The van der Waals surface area contributed by atoms with Crippen molar-refractivity contribution in [3.63, 3.8) is 0 Å². The van der Waals surface area contributed by atoms with Gasteiger partial charge in [-0.2, -0.15) is 17.5 Å². The molecule has 0 unspecified atom stereocenters. The van der Waals surface area contributed by atoms with Gasteiger partial charge in [-0.05, 0) is 40.2 Å². The molecule has 0 aliphatic rings. The Morgan fingerprint density at radius 3 is 2.43 bits per heavy atom. The molecule has 0 radical (unpaired) electrons. The number of halogens is 4. The van der Waals surface area contributed by atoms with Crippen molar-refractivity contribution in [2.24, 2.45) is 0 Å². The minimum absolute atomic E-state index is 0.186. The number of nitrogens with zero attached hydrogens (tertiary/aromatic N) is 1. The molecule has 9 heteroatoms. The van der Waals surface area contributed by atoms with E-state index >= 15 is 0 Å². The summed E-state index contributed by atoms with van der Waals surface area (Å²) in [5, 5.41) is 3.07. The zero-order valence-electron chi connectivity index (χ0n) is 11.5. The zero-order valence-corrected chi connectivity index (χ0v) is 13.9. The second-order valence-electron chi connectivity index (χ2n) is 4.42. The lowest BCUT2D eigenvalue weighted by molar-refractivity contribution is -0.134. The summed E-state index contributed by atoms with van der Waals surface area (Å²) in [5.41, 5.74) is 0.834. The van der Waals surface area contributed by atoms with Crippen molar-refractivity contribution in [3.8, 4) is 0 Å². The van der Waals surface area contributed by atoms with Crippen LogP contribution in [-0.4, -0.2) is 39.0 Å². The lowest BCUT2D eigenvalue weighted by Gasteiger charge is -2.19. The largest absolute Gasteiger partial charge is 0.402 e. The summed E-state index contributed by atoms with van der Waals surface area (Å²) in [7, 11) is -3.29. The van der Waals surface area contributed by atoms with Gasteiger partial charge < -0.3 is 5.32 Å². The fourth-order valence-corrected chi connectivity index (χ4v) is 3.88. The molecule has 0 atom stereocenters. The summed E-state index contributed by atoms with van der Waals surface area (Å²) < 4.78 is 61.8. The van der Waals surface area contributed by atoms with E-state index in [0.717, 1.165) is 19.2 Å². The maximum absolute atomic E-state index is 12.3. The van der Waals surface area contributed by atoms with Crippen LogP contribution < -0.4 is 5.32 Å². The Bertz CT molecular complexity index is 591. The van der Waals surface area contributed by atoms with Crippen LogP contribution in [0.25, 0.3) is 0 Å². The van der Waals surface area contributed by atoms with Crippen molar-refractivity contribution in [2.75, 3.05) is 20.1 Å². The first-order valence-corrected chi connectivity index (χ1v) is 8.33. The van der Waals surface area contributed by atoms with E-state index in [4.69, 9.17) is 0 Å². The smallest absolute Gasteiger partial charge is 0.313 e. The van der Waals surface area contributed by atoms with Crippen LogP contribution in [-0.2, 0) is 16.6 Å². The van der Waals surface area contributed by atoms with Crippen LogP contribution in [0.1, 0.15) is 12.5 Å². The van der Waals surface area contributed by atoms with Gasteiger partial charge in [-0.15, -0.1) is 0 Å². The molecule has 0 bridgehead atoms. The second-order valence-corrected chi connectivity index (χ2v) is 7.29. The van der Waals surface area contributed by atoms with Crippen LogP contribution in [0.15, 0.2) is 27.6 Å². The molecular weight excluding hydrogens is 373 g/mol. The highest BCUT2D eigenvalue weighted by molar-refractivity contribution is 9.10. The topological polar surface area (TPSA) is 49.4 Å². The predicted octanol–water partition coefficient (Wildman–Crippen LogP) is 2.74. The first-order chi connectivity index (χ1) is 9.58. The number of nitrogens with one attached hydrogen (secondary N) is 1. The molecule has 1 N–H and O–H groups in total. The number of hydrogen-bond donors (Lipinski definition) is 1. The molecule has 120 valence electrons. The van der Waals surface area contributed by atoms with Crippen molar-refractivity contribution in [3.05, 3.63) is 28.2 Å². The maximum atomic E-state index is 12.3. The Morgan fingerprint density at radius 1 is 1.33 bits per heavy atom. The normalized spacial score (nSPS) is 12.9. The van der Waals surface area contributed by atoms with E-state index in [1.165, 1.54) is 6.07 Å². The quantitative estimate of drug-likeness (QED) is 0.814. The van der Waals surface area contributed by atoms with Gasteiger partial charge in [0, 0.05) is 18.1 Å². The van der Waals surface area contributed by atoms with E-state index < -0.39 is 22.7 Å². The lowest BCUT2D eigenvalue weighted by Crippen LogP contribution is -2.36. The molecule has 0 saturated heterocycles. The van der Waals surface area contributed by atoms with Crippen molar-refractivity contribution in [2.45, 2.75) is 24.5 Å². The summed E-state index contributed by atoms with van der Waals surface area (Å²) in [5.74, 6) is 0. The molecule has 0 spiro atoms. The molecular formula is C12H16BrF3N2O2S. The molecule has 4 nitrogen and oxygen atoms in total. The predicted molar refractivity (Wildman–Crippen MR) is 77.4 cm³/mol.